The third-order valence-electron chi connectivity index (χ3n) is 3.31. The molecule has 29 heavy (non-hydrogen) atoms. The number of benzene rings is 1. The van der Waals surface area contributed by atoms with Crippen LogP contribution in [0.25, 0.3) is 0 Å². The van der Waals surface area contributed by atoms with Crippen LogP contribution in [-0.2, 0) is 34.7 Å². The van der Waals surface area contributed by atoms with Crippen molar-refractivity contribution in [3.05, 3.63) is 29.8 Å². The maximum atomic E-state index is 12.2. The predicted octanol–water partition coefficient (Wildman–Crippen LogP) is -7.05. The molecule has 0 aliphatic carbocycles. The third kappa shape index (κ3) is 15.3. The molecule has 1 aromatic carbocycles. The van der Waals surface area contributed by atoms with Crippen LogP contribution in [0.3, 0.4) is 0 Å². The van der Waals surface area contributed by atoms with E-state index in [0.717, 1.165) is 5.56 Å². The molecule has 0 radical (unpaired) electrons. The van der Waals surface area contributed by atoms with Crippen LogP contribution in [0, 0.1) is 6.92 Å². The fraction of sp³-hybridized carbons (Fsp3) is 0.538. The van der Waals surface area contributed by atoms with Crippen LogP contribution < -0.4 is 63.8 Å². The normalized spacial score (nSPS) is 12.3. The maximum Gasteiger partial charge on any atom is 1.00 e. The molecule has 0 aromatic heterocycles. The number of sulfonamides is 1. The molecule has 16 heteroatoms. The van der Waals surface area contributed by atoms with E-state index in [-0.39, 0.29) is 90.2 Å². The Balaban J connectivity index is 0. The van der Waals surface area contributed by atoms with Gasteiger partial charge in [0, 0.05) is 13.1 Å². The molecule has 11 nitrogen and oxygen atoms in total. The van der Waals surface area contributed by atoms with Gasteiger partial charge >= 0.3 is 59.1 Å². The van der Waals surface area contributed by atoms with Gasteiger partial charge in [0.05, 0.1) is 34.0 Å². The minimum Gasteiger partial charge on any atom is -0.748 e. The van der Waals surface area contributed by atoms with Gasteiger partial charge in [0.15, 0.2) is 0 Å². The Morgan fingerprint density at radius 2 is 1.52 bits per heavy atom. The van der Waals surface area contributed by atoms with Gasteiger partial charge in [-0.2, -0.15) is 4.72 Å². The monoisotopic (exact) mass is 490 g/mol. The van der Waals surface area contributed by atoms with Crippen LogP contribution >= 0.6 is 0 Å². The van der Waals surface area contributed by atoms with Crippen molar-refractivity contribution in [2.24, 2.45) is 0 Å². The van der Waals surface area contributed by atoms with E-state index < -0.39 is 42.9 Å². The Bertz CT molecular complexity index is 921. The zero-order chi connectivity index (χ0) is 20.7. The van der Waals surface area contributed by atoms with E-state index in [1.807, 2.05) is 0 Å². The van der Waals surface area contributed by atoms with Gasteiger partial charge in [-0.15, -0.1) is 0 Å². The van der Waals surface area contributed by atoms with Gasteiger partial charge in [0.1, 0.15) is 0 Å². The van der Waals surface area contributed by atoms with Crippen LogP contribution in [0.1, 0.15) is 12.0 Å². The van der Waals surface area contributed by atoms with Crippen molar-refractivity contribution in [2.45, 2.75) is 18.2 Å². The van der Waals surface area contributed by atoms with Crippen molar-refractivity contribution in [3.8, 4) is 0 Å². The zero-order valence-electron chi connectivity index (χ0n) is 16.4. The molecule has 1 aromatic rings. The van der Waals surface area contributed by atoms with Crippen molar-refractivity contribution in [3.63, 3.8) is 0 Å². The Labute approximate surface area is 215 Å². The van der Waals surface area contributed by atoms with Crippen LogP contribution in [0.4, 0.5) is 0 Å². The number of rotatable bonds is 12. The van der Waals surface area contributed by atoms with Crippen LogP contribution in [0.2, 0.25) is 0 Å². The molecule has 0 heterocycles. The number of nitrogens with one attached hydrogen (secondary N) is 1. The van der Waals surface area contributed by atoms with Gasteiger partial charge in [0.25, 0.3) is 0 Å². The summed E-state index contributed by atoms with van der Waals surface area (Å²) in [5, 5.41) is 0. The molecule has 0 spiro atoms. The minimum absolute atomic E-state index is 0. The molecule has 0 atom stereocenters. The van der Waals surface area contributed by atoms with E-state index in [4.69, 9.17) is 0 Å². The largest absolute Gasteiger partial charge is 1.00 e. The summed E-state index contributed by atoms with van der Waals surface area (Å²) in [7, 11) is -13.3. The first kappa shape index (κ1) is 32.1. The number of hydrogen-bond acceptors (Lipinski definition) is 10. The summed E-state index contributed by atoms with van der Waals surface area (Å²) in [5.41, 5.74) is 0.865. The molecular weight excluding hydrogens is 470 g/mol. The van der Waals surface area contributed by atoms with Gasteiger partial charge in [-0.3, -0.25) is 9.08 Å². The third-order valence-corrected chi connectivity index (χ3v) is 5.85. The fourth-order valence-corrected chi connectivity index (χ4v) is 3.75. The summed E-state index contributed by atoms with van der Waals surface area (Å²) in [6.07, 6.45) is -0.00731. The van der Waals surface area contributed by atoms with Crippen molar-refractivity contribution in [2.75, 3.05) is 32.1 Å². The Morgan fingerprint density at radius 1 is 0.966 bits per heavy atom. The first-order chi connectivity index (χ1) is 12.3. The van der Waals surface area contributed by atoms with E-state index >= 15 is 0 Å². The summed E-state index contributed by atoms with van der Waals surface area (Å²) in [6, 6.07) is 6.02. The second kappa shape index (κ2) is 14.1. The second-order valence-electron chi connectivity index (χ2n) is 5.58. The SMILES string of the molecule is Cc1ccc(S(=O)(=O)NCN(CCCOS(=O)(=O)[O-])CCS(=O)(=O)[O-])cc1.[Na+].[Na+]. The predicted molar refractivity (Wildman–Crippen MR) is 92.8 cm³/mol. The second-order valence-corrected chi connectivity index (χ2v) is 9.93. The fourth-order valence-electron chi connectivity index (χ4n) is 1.94. The van der Waals surface area contributed by atoms with E-state index in [9.17, 15) is 34.4 Å². The quantitative estimate of drug-likeness (QED) is 0.0975. The standard InChI is InChI=1S/C13H22N2O9S3.2Na/c1-12-3-5-13(6-4-12)26(19,20)14-11-15(8-10-25(16,17)18)7-2-9-24-27(21,22)23;;/h3-6,14H,2,7-11H2,1H3,(H,16,17,18)(H,21,22,23);;/q;2*+1/p-2. The van der Waals surface area contributed by atoms with E-state index in [1.165, 1.54) is 17.0 Å². The van der Waals surface area contributed by atoms with Crippen LogP contribution in [-0.4, -0.2) is 71.4 Å². The molecule has 0 fully saturated rings. The van der Waals surface area contributed by atoms with Crippen molar-refractivity contribution < 1.29 is 97.7 Å². The van der Waals surface area contributed by atoms with Gasteiger partial charge in [-0.25, -0.2) is 25.3 Å². The van der Waals surface area contributed by atoms with Crippen LogP contribution in [0.15, 0.2) is 29.2 Å². The molecule has 1 N–H and O–H groups in total. The van der Waals surface area contributed by atoms with Crippen LogP contribution in [0.5, 0.6) is 0 Å². The van der Waals surface area contributed by atoms with Crippen molar-refractivity contribution in [1.29, 1.82) is 0 Å². The van der Waals surface area contributed by atoms with Gasteiger partial charge in [-0.1, -0.05) is 17.7 Å². The number of hydrogen-bond donors (Lipinski definition) is 1. The maximum absolute atomic E-state index is 12.2. The average Bonchev–Trinajstić information content (AvgIpc) is 2.51. The molecule has 0 saturated carbocycles. The molecule has 0 bridgehead atoms. The molecular formula is C13H20N2Na2O9S3. The molecule has 0 saturated heterocycles. The number of aryl methyl sites for hydroxylation is 1. The Kier molecular flexibility index (Phi) is 15.6. The molecule has 156 valence electrons. The molecule has 0 aliphatic rings. The van der Waals surface area contributed by atoms with E-state index in [1.54, 1.807) is 19.1 Å². The first-order valence-corrected chi connectivity index (χ1v) is 12.0. The molecule has 0 unspecified atom stereocenters. The van der Waals surface area contributed by atoms with Gasteiger partial charge in [0.2, 0.25) is 20.4 Å². The number of nitrogens with zero attached hydrogens (tertiary/aromatic N) is 1. The summed E-state index contributed by atoms with van der Waals surface area (Å²) in [6.45, 7) is 0.708. The molecule has 0 amide bonds. The zero-order valence-corrected chi connectivity index (χ0v) is 22.8. The summed E-state index contributed by atoms with van der Waals surface area (Å²) >= 11 is 0. The van der Waals surface area contributed by atoms with E-state index in [2.05, 4.69) is 8.91 Å². The van der Waals surface area contributed by atoms with Crippen molar-refractivity contribution >= 4 is 30.5 Å². The first-order valence-electron chi connectivity index (χ1n) is 7.61. The van der Waals surface area contributed by atoms with E-state index in [0.29, 0.717) is 0 Å². The molecule has 0 aliphatic heterocycles. The summed E-state index contributed by atoms with van der Waals surface area (Å²) < 4.78 is 94.2. The Hall–Kier alpha value is 0.870. The average molecular weight is 490 g/mol. The van der Waals surface area contributed by atoms with Gasteiger partial charge in [-0.05, 0) is 25.5 Å². The minimum atomic E-state index is -4.86. The Morgan fingerprint density at radius 3 is 2.00 bits per heavy atom. The molecule has 1 rings (SSSR count). The summed E-state index contributed by atoms with van der Waals surface area (Å²) in [4.78, 5) is 1.28. The van der Waals surface area contributed by atoms with Crippen molar-refractivity contribution in [1.82, 2.24) is 9.62 Å². The smallest absolute Gasteiger partial charge is 0.748 e. The van der Waals surface area contributed by atoms with Gasteiger partial charge < -0.3 is 9.11 Å². The summed E-state index contributed by atoms with van der Waals surface area (Å²) in [5.74, 6) is -0.764. The topological polar surface area (TPSA) is 173 Å².